The van der Waals surface area contributed by atoms with Gasteiger partial charge in [-0.25, -0.2) is 4.79 Å². The van der Waals surface area contributed by atoms with Gasteiger partial charge in [-0.2, -0.15) is 0 Å². The number of unbranched alkanes of at least 4 members (excludes halogenated alkanes) is 1. The number of rotatable bonds is 7. The molecule has 3 N–H and O–H groups in total. The second-order valence-electron chi connectivity index (χ2n) is 4.08. The van der Waals surface area contributed by atoms with Crippen molar-refractivity contribution in [2.24, 2.45) is 0 Å². The fourth-order valence-corrected chi connectivity index (χ4v) is 1.66. The van der Waals surface area contributed by atoms with Crippen LogP contribution in [0.1, 0.15) is 19.3 Å². The molecule has 0 saturated heterocycles. The quantitative estimate of drug-likeness (QED) is 0.676. The zero-order chi connectivity index (χ0) is 15.0. The van der Waals surface area contributed by atoms with Crippen LogP contribution in [0.3, 0.4) is 0 Å². The summed E-state index contributed by atoms with van der Waals surface area (Å²) in [5, 5.41) is 14.1. The van der Waals surface area contributed by atoms with Gasteiger partial charge in [0.15, 0.2) is 0 Å². The average molecular weight is 301 g/mol. The molecule has 0 spiro atoms. The van der Waals surface area contributed by atoms with Crippen LogP contribution in [-0.4, -0.2) is 30.8 Å². The van der Waals surface area contributed by atoms with Gasteiger partial charge in [-0.15, -0.1) is 0 Å². The van der Waals surface area contributed by atoms with Crippen LogP contribution in [0.4, 0.5) is 10.5 Å². The van der Waals surface area contributed by atoms with E-state index in [0.717, 1.165) is 0 Å². The van der Waals surface area contributed by atoms with Gasteiger partial charge in [-0.3, -0.25) is 4.79 Å². The van der Waals surface area contributed by atoms with Crippen molar-refractivity contribution in [1.29, 1.82) is 0 Å². The maximum Gasteiger partial charge on any atom is 0.319 e. The number of hydrogen-bond donors (Lipinski definition) is 3. The summed E-state index contributed by atoms with van der Waals surface area (Å²) in [7, 11) is 1.52. The normalized spacial score (nSPS) is 9.90. The summed E-state index contributed by atoms with van der Waals surface area (Å²) in [4.78, 5) is 21.9. The lowest BCUT2D eigenvalue weighted by atomic mass is 10.2. The van der Waals surface area contributed by atoms with Gasteiger partial charge >= 0.3 is 12.0 Å². The molecule has 0 fully saturated rings. The van der Waals surface area contributed by atoms with Crippen LogP contribution >= 0.6 is 11.6 Å². The van der Waals surface area contributed by atoms with Crippen LogP contribution in [0.2, 0.25) is 5.02 Å². The molecule has 1 rings (SSSR count). The standard InChI is InChI=1S/C13H17ClN2O4/c1-20-9-5-6-10(14)11(8-9)16-13(19)15-7-3-2-4-12(17)18/h5-6,8H,2-4,7H2,1H3,(H,17,18)(H2,15,16,19). The average Bonchev–Trinajstić information content (AvgIpc) is 2.40. The Hall–Kier alpha value is -1.95. The summed E-state index contributed by atoms with van der Waals surface area (Å²) in [5.41, 5.74) is 0.453. The third-order valence-electron chi connectivity index (χ3n) is 2.52. The molecular weight excluding hydrogens is 284 g/mol. The molecule has 2 amide bonds. The Morgan fingerprint density at radius 2 is 2.10 bits per heavy atom. The summed E-state index contributed by atoms with van der Waals surface area (Å²) >= 11 is 5.95. The van der Waals surface area contributed by atoms with E-state index in [1.54, 1.807) is 18.2 Å². The number of ether oxygens (including phenoxy) is 1. The van der Waals surface area contributed by atoms with Crippen LogP contribution in [0.5, 0.6) is 5.75 Å². The van der Waals surface area contributed by atoms with E-state index in [9.17, 15) is 9.59 Å². The van der Waals surface area contributed by atoms with Gasteiger partial charge in [-0.05, 0) is 25.0 Å². The minimum absolute atomic E-state index is 0.102. The number of hydrogen-bond acceptors (Lipinski definition) is 3. The lowest BCUT2D eigenvalue weighted by Crippen LogP contribution is -2.29. The number of methoxy groups -OCH3 is 1. The van der Waals surface area contributed by atoms with Crippen molar-refractivity contribution < 1.29 is 19.4 Å². The van der Waals surface area contributed by atoms with Gasteiger partial charge in [0.1, 0.15) is 5.75 Å². The van der Waals surface area contributed by atoms with E-state index in [0.29, 0.717) is 35.8 Å². The van der Waals surface area contributed by atoms with E-state index < -0.39 is 12.0 Å². The predicted octanol–water partition coefficient (Wildman–Crippen LogP) is 2.73. The van der Waals surface area contributed by atoms with Crippen LogP contribution < -0.4 is 15.4 Å². The number of nitrogens with one attached hydrogen (secondary N) is 2. The van der Waals surface area contributed by atoms with Gasteiger partial charge in [0.05, 0.1) is 17.8 Å². The van der Waals surface area contributed by atoms with E-state index in [1.165, 1.54) is 7.11 Å². The molecule has 0 heterocycles. The molecule has 1 aromatic carbocycles. The Balaban J connectivity index is 2.37. The number of carboxylic acid groups (broad SMARTS) is 1. The van der Waals surface area contributed by atoms with Crippen molar-refractivity contribution in [3.63, 3.8) is 0 Å². The highest BCUT2D eigenvalue weighted by atomic mass is 35.5. The number of carbonyl (C=O) groups excluding carboxylic acids is 1. The predicted molar refractivity (Wildman–Crippen MR) is 76.5 cm³/mol. The summed E-state index contributed by atoms with van der Waals surface area (Å²) < 4.78 is 5.04. The molecule has 7 heteroatoms. The largest absolute Gasteiger partial charge is 0.497 e. The van der Waals surface area contributed by atoms with Crippen LogP contribution in [0.15, 0.2) is 18.2 Å². The number of carbonyl (C=O) groups is 2. The number of halogens is 1. The highest BCUT2D eigenvalue weighted by molar-refractivity contribution is 6.33. The van der Waals surface area contributed by atoms with Crippen LogP contribution in [0.25, 0.3) is 0 Å². The number of carboxylic acids is 1. The van der Waals surface area contributed by atoms with Gasteiger partial charge in [0.2, 0.25) is 0 Å². The number of amides is 2. The second-order valence-corrected chi connectivity index (χ2v) is 4.48. The molecule has 0 aliphatic rings. The molecule has 0 aromatic heterocycles. The van der Waals surface area contributed by atoms with Crippen LogP contribution in [0, 0.1) is 0 Å². The number of urea groups is 1. The Morgan fingerprint density at radius 1 is 1.35 bits per heavy atom. The number of benzene rings is 1. The minimum atomic E-state index is -0.836. The Labute approximate surface area is 122 Å². The first kappa shape index (κ1) is 16.1. The molecular formula is C13H17ClN2O4. The van der Waals surface area contributed by atoms with E-state index >= 15 is 0 Å². The highest BCUT2D eigenvalue weighted by Crippen LogP contribution is 2.26. The molecule has 1 aromatic rings. The molecule has 0 saturated carbocycles. The Morgan fingerprint density at radius 3 is 2.75 bits per heavy atom. The zero-order valence-corrected chi connectivity index (χ0v) is 11.9. The van der Waals surface area contributed by atoms with Gasteiger partial charge in [0, 0.05) is 19.0 Å². The highest BCUT2D eigenvalue weighted by Gasteiger charge is 2.06. The SMILES string of the molecule is COc1ccc(Cl)c(NC(=O)NCCCCC(=O)O)c1. The van der Waals surface area contributed by atoms with Gasteiger partial charge in [0.25, 0.3) is 0 Å². The zero-order valence-electron chi connectivity index (χ0n) is 11.1. The molecule has 0 atom stereocenters. The molecule has 6 nitrogen and oxygen atoms in total. The lowest BCUT2D eigenvalue weighted by molar-refractivity contribution is -0.137. The third kappa shape index (κ3) is 5.79. The summed E-state index contributed by atoms with van der Waals surface area (Å²) in [6, 6.07) is 4.54. The summed E-state index contributed by atoms with van der Waals surface area (Å²) in [6.07, 6.45) is 1.23. The van der Waals surface area contributed by atoms with Crippen molar-refractivity contribution in [2.45, 2.75) is 19.3 Å². The Kier molecular flexibility index (Phi) is 6.66. The minimum Gasteiger partial charge on any atom is -0.497 e. The molecule has 0 aliphatic carbocycles. The maximum absolute atomic E-state index is 11.6. The third-order valence-corrected chi connectivity index (χ3v) is 2.85. The van der Waals surface area contributed by atoms with Crippen molar-refractivity contribution in [3.8, 4) is 5.75 Å². The Bertz CT molecular complexity index is 479. The molecule has 0 radical (unpaired) electrons. The van der Waals surface area contributed by atoms with Crippen molar-refractivity contribution in [3.05, 3.63) is 23.2 Å². The molecule has 20 heavy (non-hydrogen) atoms. The molecule has 0 aliphatic heterocycles. The maximum atomic E-state index is 11.6. The van der Waals surface area contributed by atoms with Gasteiger partial charge < -0.3 is 20.5 Å². The fourth-order valence-electron chi connectivity index (χ4n) is 1.50. The fraction of sp³-hybridized carbons (Fsp3) is 0.385. The monoisotopic (exact) mass is 300 g/mol. The first-order valence-corrected chi connectivity index (χ1v) is 6.51. The van der Waals surface area contributed by atoms with E-state index in [2.05, 4.69) is 10.6 Å². The number of aliphatic carboxylic acids is 1. The smallest absolute Gasteiger partial charge is 0.319 e. The molecule has 0 unspecified atom stereocenters. The van der Waals surface area contributed by atoms with E-state index in [1.807, 2.05) is 0 Å². The number of anilines is 1. The summed E-state index contributed by atoms with van der Waals surface area (Å²) in [6.45, 7) is 0.403. The van der Waals surface area contributed by atoms with Crippen molar-refractivity contribution in [1.82, 2.24) is 5.32 Å². The first-order chi connectivity index (χ1) is 9.52. The van der Waals surface area contributed by atoms with Crippen molar-refractivity contribution in [2.75, 3.05) is 19.0 Å². The van der Waals surface area contributed by atoms with Crippen molar-refractivity contribution >= 4 is 29.3 Å². The lowest BCUT2D eigenvalue weighted by Gasteiger charge is -2.10. The molecule has 110 valence electrons. The molecule has 0 bridgehead atoms. The summed E-state index contributed by atoms with van der Waals surface area (Å²) in [5.74, 6) is -0.247. The topological polar surface area (TPSA) is 87.7 Å². The van der Waals surface area contributed by atoms with Gasteiger partial charge in [-0.1, -0.05) is 11.6 Å². The first-order valence-electron chi connectivity index (χ1n) is 6.13. The van der Waals surface area contributed by atoms with E-state index in [-0.39, 0.29) is 6.42 Å². The second kappa shape index (κ2) is 8.27. The van der Waals surface area contributed by atoms with E-state index in [4.69, 9.17) is 21.4 Å². The van der Waals surface area contributed by atoms with Crippen LogP contribution in [-0.2, 0) is 4.79 Å².